The topological polar surface area (TPSA) is 29.5 Å². The van der Waals surface area contributed by atoms with Crippen LogP contribution in [-0.4, -0.2) is 26.1 Å². The molecule has 17 heavy (non-hydrogen) atoms. The molecule has 0 rings (SSSR count). The van der Waals surface area contributed by atoms with Crippen molar-refractivity contribution in [2.75, 3.05) is 6.61 Å². The van der Waals surface area contributed by atoms with E-state index in [0.717, 1.165) is 25.7 Å². The Balaban J connectivity index is 4.32. The van der Waals surface area contributed by atoms with Crippen LogP contribution in [0.1, 0.15) is 59.8 Å². The quantitative estimate of drug-likeness (QED) is 0.519. The Hall–Kier alpha value is 0.137. The minimum absolute atomic E-state index is 0.288. The van der Waals surface area contributed by atoms with Crippen LogP contribution in [0.25, 0.3) is 0 Å². The van der Waals surface area contributed by atoms with Gasteiger partial charge in [-0.3, -0.25) is 0 Å². The zero-order chi connectivity index (χ0) is 13.5. The molecule has 0 spiro atoms. The molecule has 0 aromatic carbocycles. The number of aliphatic hydroxyl groups excluding tert-OH is 1. The van der Waals surface area contributed by atoms with Crippen molar-refractivity contribution in [1.29, 1.82) is 0 Å². The Kier molecular flexibility index (Phi) is 7.61. The van der Waals surface area contributed by atoms with Crippen LogP contribution in [0.5, 0.6) is 0 Å². The van der Waals surface area contributed by atoms with Crippen LogP contribution in [0.4, 0.5) is 0 Å². The number of hydrogen-bond donors (Lipinski definition) is 1. The fourth-order valence-corrected chi connectivity index (χ4v) is 3.08. The lowest BCUT2D eigenvalue weighted by Crippen LogP contribution is -2.43. The molecule has 0 radical (unpaired) electrons. The van der Waals surface area contributed by atoms with Crippen molar-refractivity contribution in [3.05, 3.63) is 0 Å². The summed E-state index contributed by atoms with van der Waals surface area (Å²) >= 11 is 0. The van der Waals surface area contributed by atoms with Gasteiger partial charge < -0.3 is 9.53 Å². The van der Waals surface area contributed by atoms with E-state index >= 15 is 0 Å². The fraction of sp³-hybridized carbons (Fsp3) is 1.00. The van der Waals surface area contributed by atoms with Crippen LogP contribution in [0.3, 0.4) is 0 Å². The van der Waals surface area contributed by atoms with Crippen LogP contribution in [0.2, 0.25) is 18.1 Å². The molecule has 0 heterocycles. The molecule has 3 heteroatoms. The van der Waals surface area contributed by atoms with E-state index < -0.39 is 8.32 Å². The molecule has 0 aliphatic heterocycles. The van der Waals surface area contributed by atoms with Crippen molar-refractivity contribution in [1.82, 2.24) is 0 Å². The fourth-order valence-electron chi connectivity index (χ4n) is 1.66. The van der Waals surface area contributed by atoms with E-state index in [1.165, 1.54) is 6.42 Å². The first-order valence-electron chi connectivity index (χ1n) is 7.03. The summed E-state index contributed by atoms with van der Waals surface area (Å²) in [6.07, 6.45) is 5.81. The third-order valence-corrected chi connectivity index (χ3v) is 8.35. The van der Waals surface area contributed by atoms with E-state index in [1.54, 1.807) is 0 Å². The van der Waals surface area contributed by atoms with Crippen LogP contribution in [0, 0.1) is 0 Å². The van der Waals surface area contributed by atoms with Gasteiger partial charge in [-0.05, 0) is 43.8 Å². The lowest BCUT2D eigenvalue weighted by atomic mass is 10.1. The second-order valence-corrected chi connectivity index (χ2v) is 11.3. The summed E-state index contributed by atoms with van der Waals surface area (Å²) in [4.78, 5) is 0. The molecule has 0 saturated carbocycles. The Morgan fingerprint density at radius 3 is 2.12 bits per heavy atom. The Labute approximate surface area is 109 Å². The Bertz CT molecular complexity index is 197. The standard InChI is InChI=1S/C14H32O2Si/c1-7-10-13(11-8-9-12-15)16-17(5,6)14(2,3)4/h13,15H,7-12H2,1-6H3. The molecule has 0 bridgehead atoms. The van der Waals surface area contributed by atoms with Crippen LogP contribution < -0.4 is 0 Å². The number of unbranched alkanes of at least 4 members (excludes halogenated alkanes) is 1. The van der Waals surface area contributed by atoms with Crippen LogP contribution in [0.15, 0.2) is 0 Å². The van der Waals surface area contributed by atoms with Gasteiger partial charge in [0.1, 0.15) is 0 Å². The van der Waals surface area contributed by atoms with Gasteiger partial charge in [0.25, 0.3) is 0 Å². The summed E-state index contributed by atoms with van der Waals surface area (Å²) in [5, 5.41) is 9.13. The van der Waals surface area contributed by atoms with E-state index in [-0.39, 0.29) is 5.04 Å². The molecular formula is C14H32O2Si. The maximum absolute atomic E-state index is 8.84. The second-order valence-electron chi connectivity index (χ2n) is 6.51. The molecule has 104 valence electrons. The molecule has 0 amide bonds. The first-order valence-corrected chi connectivity index (χ1v) is 9.94. The zero-order valence-electron chi connectivity index (χ0n) is 12.7. The van der Waals surface area contributed by atoms with Crippen molar-refractivity contribution in [3.8, 4) is 0 Å². The average molecular weight is 260 g/mol. The molecule has 0 saturated heterocycles. The maximum Gasteiger partial charge on any atom is 0.192 e. The van der Waals surface area contributed by atoms with Gasteiger partial charge in [0.2, 0.25) is 0 Å². The lowest BCUT2D eigenvalue weighted by Gasteiger charge is -2.39. The summed E-state index contributed by atoms with van der Waals surface area (Å²) in [6.45, 7) is 14.0. The summed E-state index contributed by atoms with van der Waals surface area (Å²) < 4.78 is 6.45. The molecule has 0 fully saturated rings. The predicted octanol–water partition coefficient (Wildman–Crippen LogP) is 4.34. The van der Waals surface area contributed by atoms with E-state index in [1.807, 2.05) is 0 Å². The Morgan fingerprint density at radius 2 is 1.71 bits per heavy atom. The summed E-state index contributed by atoms with van der Waals surface area (Å²) in [5.41, 5.74) is 0. The summed E-state index contributed by atoms with van der Waals surface area (Å²) in [7, 11) is -1.63. The van der Waals surface area contributed by atoms with E-state index in [0.29, 0.717) is 12.7 Å². The van der Waals surface area contributed by atoms with Gasteiger partial charge >= 0.3 is 0 Å². The molecular weight excluding hydrogens is 228 g/mol. The van der Waals surface area contributed by atoms with Crippen molar-refractivity contribution < 1.29 is 9.53 Å². The van der Waals surface area contributed by atoms with Crippen LogP contribution in [-0.2, 0) is 4.43 Å². The highest BCUT2D eigenvalue weighted by Gasteiger charge is 2.38. The first-order chi connectivity index (χ1) is 7.74. The summed E-state index contributed by atoms with van der Waals surface area (Å²) in [6, 6.07) is 0. The van der Waals surface area contributed by atoms with Crippen molar-refractivity contribution >= 4 is 8.32 Å². The third kappa shape index (κ3) is 6.58. The monoisotopic (exact) mass is 260 g/mol. The molecule has 0 aliphatic carbocycles. The smallest absolute Gasteiger partial charge is 0.192 e. The maximum atomic E-state index is 8.84. The normalized spacial score (nSPS) is 15.0. The Morgan fingerprint density at radius 1 is 1.12 bits per heavy atom. The summed E-state index contributed by atoms with van der Waals surface area (Å²) in [5.74, 6) is 0. The minimum Gasteiger partial charge on any atom is -0.414 e. The SMILES string of the molecule is CCCC(CCCCO)O[Si](C)(C)C(C)(C)C. The van der Waals surface area contributed by atoms with E-state index in [4.69, 9.17) is 9.53 Å². The molecule has 0 aromatic rings. The number of rotatable bonds is 8. The first kappa shape index (κ1) is 17.1. The number of aliphatic hydroxyl groups is 1. The van der Waals surface area contributed by atoms with Gasteiger partial charge in [-0.25, -0.2) is 0 Å². The molecule has 0 aromatic heterocycles. The van der Waals surface area contributed by atoms with Crippen LogP contribution >= 0.6 is 0 Å². The minimum atomic E-state index is -1.63. The van der Waals surface area contributed by atoms with Gasteiger partial charge in [0.05, 0.1) is 0 Å². The zero-order valence-corrected chi connectivity index (χ0v) is 13.7. The molecule has 2 nitrogen and oxygen atoms in total. The number of hydrogen-bond acceptors (Lipinski definition) is 2. The predicted molar refractivity (Wildman–Crippen MR) is 77.9 cm³/mol. The lowest BCUT2D eigenvalue weighted by molar-refractivity contribution is 0.153. The van der Waals surface area contributed by atoms with E-state index in [2.05, 4.69) is 40.8 Å². The third-order valence-electron chi connectivity index (χ3n) is 3.81. The van der Waals surface area contributed by atoms with Crippen molar-refractivity contribution in [2.24, 2.45) is 0 Å². The highest BCUT2D eigenvalue weighted by molar-refractivity contribution is 6.74. The average Bonchev–Trinajstić information content (AvgIpc) is 2.16. The van der Waals surface area contributed by atoms with Gasteiger partial charge in [-0.2, -0.15) is 0 Å². The molecule has 1 unspecified atom stereocenters. The van der Waals surface area contributed by atoms with Gasteiger partial charge in [-0.15, -0.1) is 0 Å². The molecule has 1 atom stereocenters. The van der Waals surface area contributed by atoms with Gasteiger partial charge in [0.15, 0.2) is 8.32 Å². The molecule has 1 N–H and O–H groups in total. The highest BCUT2D eigenvalue weighted by atomic mass is 28.4. The molecule has 0 aliphatic rings. The largest absolute Gasteiger partial charge is 0.414 e. The second kappa shape index (κ2) is 7.55. The van der Waals surface area contributed by atoms with Gasteiger partial charge in [0, 0.05) is 12.7 Å². The van der Waals surface area contributed by atoms with Crippen molar-refractivity contribution in [3.63, 3.8) is 0 Å². The highest BCUT2D eigenvalue weighted by Crippen LogP contribution is 2.38. The van der Waals surface area contributed by atoms with E-state index in [9.17, 15) is 0 Å². The van der Waals surface area contributed by atoms with Crippen molar-refractivity contribution in [2.45, 2.75) is 84.0 Å². The van der Waals surface area contributed by atoms with Gasteiger partial charge in [-0.1, -0.05) is 34.1 Å².